The van der Waals surface area contributed by atoms with Crippen molar-refractivity contribution in [3.05, 3.63) is 53.9 Å². The molecule has 7 heteroatoms. The number of likely N-dealkylation sites (tertiary alicyclic amines) is 1. The molecule has 2 heterocycles. The Morgan fingerprint density at radius 2 is 2.00 bits per heavy atom. The van der Waals surface area contributed by atoms with Crippen molar-refractivity contribution in [2.45, 2.75) is 25.4 Å². The van der Waals surface area contributed by atoms with Gasteiger partial charge in [0.1, 0.15) is 11.6 Å². The molecule has 1 aliphatic rings. The van der Waals surface area contributed by atoms with Gasteiger partial charge in [-0.15, -0.1) is 0 Å². The van der Waals surface area contributed by atoms with Crippen molar-refractivity contribution >= 4 is 6.03 Å². The van der Waals surface area contributed by atoms with Crippen molar-refractivity contribution in [2.75, 3.05) is 26.7 Å². The summed E-state index contributed by atoms with van der Waals surface area (Å²) in [5, 5.41) is 3.02. The third-order valence-corrected chi connectivity index (χ3v) is 4.93. The molecule has 1 atom stereocenters. The fraction of sp³-hybridized carbons (Fsp3) is 0.474. The number of halogens is 1. The molecule has 2 aromatic rings. The average Bonchev–Trinajstić information content (AvgIpc) is 3.29. The van der Waals surface area contributed by atoms with E-state index in [1.807, 2.05) is 29.9 Å². The maximum atomic E-state index is 13.3. The highest BCUT2D eigenvalue weighted by Gasteiger charge is 2.24. The molecule has 0 radical (unpaired) electrons. The molecule has 6 nitrogen and oxygen atoms in total. The topological polar surface area (TPSA) is 53.4 Å². The minimum Gasteiger partial charge on any atom is -0.337 e. The molecule has 3 rings (SSSR count). The maximum absolute atomic E-state index is 13.3. The number of nitrogens with one attached hydrogen (secondary N) is 1. The minimum absolute atomic E-state index is 0.0589. The first-order valence-electron chi connectivity index (χ1n) is 8.99. The van der Waals surface area contributed by atoms with Crippen molar-refractivity contribution < 1.29 is 9.18 Å². The Morgan fingerprint density at radius 1 is 1.31 bits per heavy atom. The summed E-state index contributed by atoms with van der Waals surface area (Å²) >= 11 is 0. The first-order valence-corrected chi connectivity index (χ1v) is 8.99. The fourth-order valence-electron chi connectivity index (χ4n) is 3.35. The van der Waals surface area contributed by atoms with Crippen LogP contribution in [0.15, 0.2) is 36.7 Å². The number of aromatic nitrogens is 2. The second-order valence-corrected chi connectivity index (χ2v) is 6.81. The van der Waals surface area contributed by atoms with E-state index in [1.165, 1.54) is 12.1 Å². The number of nitrogens with zero attached hydrogens (tertiary/aromatic N) is 4. The van der Waals surface area contributed by atoms with Gasteiger partial charge in [-0.05, 0) is 43.6 Å². The average molecular weight is 359 g/mol. The molecule has 0 bridgehead atoms. The molecule has 26 heavy (non-hydrogen) atoms. The number of imidazole rings is 1. The molecule has 1 aromatic heterocycles. The largest absolute Gasteiger partial charge is 0.337 e. The number of hydrogen-bond acceptors (Lipinski definition) is 3. The molecule has 1 aliphatic heterocycles. The highest BCUT2D eigenvalue weighted by Crippen LogP contribution is 2.24. The van der Waals surface area contributed by atoms with Crippen molar-refractivity contribution in [2.24, 2.45) is 7.05 Å². The Labute approximate surface area is 153 Å². The first-order chi connectivity index (χ1) is 12.5. The number of rotatable bonds is 6. The molecule has 0 spiro atoms. The molecular weight excluding hydrogens is 333 g/mol. The van der Waals surface area contributed by atoms with Gasteiger partial charge in [-0.2, -0.15) is 0 Å². The third kappa shape index (κ3) is 4.40. The Bertz CT molecular complexity index is 724. The lowest BCUT2D eigenvalue weighted by Gasteiger charge is -2.29. The molecule has 2 amide bonds. The summed E-state index contributed by atoms with van der Waals surface area (Å²) in [5.74, 6) is 0.588. The Hall–Kier alpha value is -2.41. The van der Waals surface area contributed by atoms with Crippen molar-refractivity contribution in [1.29, 1.82) is 0 Å². The van der Waals surface area contributed by atoms with Crippen LogP contribution in [0.3, 0.4) is 0 Å². The van der Waals surface area contributed by atoms with Crippen LogP contribution in [0.1, 0.15) is 30.3 Å². The van der Waals surface area contributed by atoms with E-state index in [0.29, 0.717) is 13.1 Å². The van der Waals surface area contributed by atoms with Crippen molar-refractivity contribution in [3.63, 3.8) is 0 Å². The van der Waals surface area contributed by atoms with Crippen LogP contribution in [0.25, 0.3) is 0 Å². The van der Waals surface area contributed by atoms with E-state index in [4.69, 9.17) is 0 Å². The Kier molecular flexibility index (Phi) is 5.88. The molecule has 0 saturated carbocycles. The molecule has 0 aliphatic carbocycles. The molecule has 1 aromatic carbocycles. The van der Waals surface area contributed by atoms with Crippen LogP contribution >= 0.6 is 0 Å². The third-order valence-electron chi connectivity index (χ3n) is 4.93. The van der Waals surface area contributed by atoms with Gasteiger partial charge >= 0.3 is 6.03 Å². The smallest absolute Gasteiger partial charge is 0.317 e. The summed E-state index contributed by atoms with van der Waals surface area (Å²) in [6.07, 6.45) is 5.90. The second kappa shape index (κ2) is 8.31. The summed E-state index contributed by atoms with van der Waals surface area (Å²) in [6.45, 7) is 2.94. The lowest BCUT2D eigenvalue weighted by molar-refractivity contribution is 0.194. The van der Waals surface area contributed by atoms with Crippen LogP contribution < -0.4 is 5.32 Å². The first kappa shape index (κ1) is 18.4. The number of carbonyl (C=O) groups excluding carboxylic acids is 1. The van der Waals surface area contributed by atoms with Gasteiger partial charge in [0.2, 0.25) is 0 Å². The lowest BCUT2D eigenvalue weighted by Crippen LogP contribution is -2.42. The van der Waals surface area contributed by atoms with Crippen LogP contribution in [0, 0.1) is 5.82 Å². The van der Waals surface area contributed by atoms with Gasteiger partial charge in [-0.25, -0.2) is 14.2 Å². The molecule has 140 valence electrons. The number of urea groups is 1. The minimum atomic E-state index is -0.243. The van der Waals surface area contributed by atoms with Gasteiger partial charge in [-0.1, -0.05) is 12.1 Å². The summed E-state index contributed by atoms with van der Waals surface area (Å²) < 4.78 is 15.2. The Morgan fingerprint density at radius 3 is 2.62 bits per heavy atom. The summed E-state index contributed by atoms with van der Waals surface area (Å²) in [4.78, 5) is 20.7. The van der Waals surface area contributed by atoms with E-state index in [-0.39, 0.29) is 17.9 Å². The van der Waals surface area contributed by atoms with Crippen LogP contribution in [0.5, 0.6) is 0 Å². The zero-order chi connectivity index (χ0) is 18.5. The van der Waals surface area contributed by atoms with E-state index in [9.17, 15) is 9.18 Å². The molecule has 1 saturated heterocycles. The van der Waals surface area contributed by atoms with Gasteiger partial charge in [0, 0.05) is 33.0 Å². The van der Waals surface area contributed by atoms with E-state index >= 15 is 0 Å². The molecular formula is C19H26FN5O. The number of carbonyl (C=O) groups is 1. The van der Waals surface area contributed by atoms with Gasteiger partial charge in [-0.3, -0.25) is 4.90 Å². The van der Waals surface area contributed by atoms with E-state index in [1.54, 1.807) is 18.1 Å². The predicted octanol–water partition coefficient (Wildman–Crippen LogP) is 2.54. The summed E-state index contributed by atoms with van der Waals surface area (Å²) in [5.41, 5.74) is 1.03. The van der Waals surface area contributed by atoms with Gasteiger partial charge < -0.3 is 14.8 Å². The highest BCUT2D eigenvalue weighted by molar-refractivity contribution is 5.73. The van der Waals surface area contributed by atoms with Gasteiger partial charge in [0.25, 0.3) is 0 Å². The Balaban J connectivity index is 1.62. The SMILES string of the molecule is CN(Cc1nccn1C)C(=O)NCC(c1ccc(F)cc1)N1CCCC1. The van der Waals surface area contributed by atoms with Crippen molar-refractivity contribution in [1.82, 2.24) is 24.7 Å². The van der Waals surface area contributed by atoms with Crippen LogP contribution in [-0.4, -0.2) is 52.1 Å². The normalized spacial score (nSPS) is 15.8. The van der Waals surface area contributed by atoms with Crippen molar-refractivity contribution in [3.8, 4) is 0 Å². The number of hydrogen-bond donors (Lipinski definition) is 1. The number of aryl methyl sites for hydroxylation is 1. The quantitative estimate of drug-likeness (QED) is 0.862. The van der Waals surface area contributed by atoms with Gasteiger partial charge in [0.05, 0.1) is 12.6 Å². The zero-order valence-corrected chi connectivity index (χ0v) is 15.4. The van der Waals surface area contributed by atoms with E-state index in [2.05, 4.69) is 15.2 Å². The molecule has 1 unspecified atom stereocenters. The lowest BCUT2D eigenvalue weighted by atomic mass is 10.1. The standard InChI is InChI=1S/C19H26FN5O/c1-23-12-9-21-18(23)14-24(2)19(26)22-13-17(25-10-3-4-11-25)15-5-7-16(20)8-6-15/h5-9,12,17H,3-4,10-11,13-14H2,1-2H3,(H,22,26). The summed E-state index contributed by atoms with van der Waals surface area (Å²) in [7, 11) is 3.67. The van der Waals surface area contributed by atoms with E-state index in [0.717, 1.165) is 37.3 Å². The van der Waals surface area contributed by atoms with Crippen LogP contribution in [0.2, 0.25) is 0 Å². The predicted molar refractivity (Wildman–Crippen MR) is 98.0 cm³/mol. The summed E-state index contributed by atoms with van der Waals surface area (Å²) in [6, 6.07) is 6.49. The molecule has 1 fully saturated rings. The second-order valence-electron chi connectivity index (χ2n) is 6.81. The fourth-order valence-corrected chi connectivity index (χ4v) is 3.35. The zero-order valence-electron chi connectivity index (χ0n) is 15.4. The highest BCUT2D eigenvalue weighted by atomic mass is 19.1. The van der Waals surface area contributed by atoms with Gasteiger partial charge in [0.15, 0.2) is 0 Å². The van der Waals surface area contributed by atoms with Crippen LogP contribution in [0.4, 0.5) is 9.18 Å². The van der Waals surface area contributed by atoms with Crippen LogP contribution in [-0.2, 0) is 13.6 Å². The molecule has 1 N–H and O–H groups in total. The number of amides is 2. The number of benzene rings is 1. The van der Waals surface area contributed by atoms with E-state index < -0.39 is 0 Å². The monoisotopic (exact) mass is 359 g/mol. The maximum Gasteiger partial charge on any atom is 0.317 e.